The summed E-state index contributed by atoms with van der Waals surface area (Å²) in [5.74, 6) is 1.51. The van der Waals surface area contributed by atoms with Crippen LogP contribution in [0.25, 0.3) is 0 Å². The van der Waals surface area contributed by atoms with E-state index in [1.165, 1.54) is 11.1 Å². The van der Waals surface area contributed by atoms with Gasteiger partial charge in [-0.2, -0.15) is 0 Å². The molecule has 1 aromatic carbocycles. The average Bonchev–Trinajstić information content (AvgIpc) is 2.87. The number of rotatable bonds is 7. The monoisotopic (exact) mass is 273 g/mol. The van der Waals surface area contributed by atoms with Crippen LogP contribution in [0.3, 0.4) is 0 Å². The fourth-order valence-electron chi connectivity index (χ4n) is 2.00. The molecule has 2 rings (SSSR count). The maximum absolute atomic E-state index is 4.08. The number of hydrogen-bond acceptors (Lipinski definition) is 4. The highest BCUT2D eigenvalue weighted by Gasteiger charge is 2.06. The molecule has 108 valence electrons. The van der Waals surface area contributed by atoms with Crippen molar-refractivity contribution in [2.75, 3.05) is 6.54 Å². The molecule has 0 saturated carbocycles. The van der Waals surface area contributed by atoms with Gasteiger partial charge < -0.3 is 5.32 Å². The zero-order valence-corrected chi connectivity index (χ0v) is 12.5. The van der Waals surface area contributed by atoms with Gasteiger partial charge in [-0.1, -0.05) is 45.0 Å². The molecule has 0 aliphatic carbocycles. The molecule has 0 fully saturated rings. The van der Waals surface area contributed by atoms with Crippen molar-refractivity contribution in [2.24, 2.45) is 5.92 Å². The van der Waals surface area contributed by atoms with E-state index in [4.69, 9.17) is 0 Å². The standard InChI is InChI=1S/C15H23N5/c1-4-13-5-7-14(8-6-13)11-20-15(17-18-19-20)10-16-9-12(2)3/h5-8,12,16H,4,9-11H2,1-3H3. The summed E-state index contributed by atoms with van der Waals surface area (Å²) in [6, 6.07) is 8.62. The van der Waals surface area contributed by atoms with E-state index in [1.807, 2.05) is 4.68 Å². The van der Waals surface area contributed by atoms with Crippen LogP contribution < -0.4 is 5.32 Å². The second-order valence-corrected chi connectivity index (χ2v) is 5.45. The Morgan fingerprint density at radius 3 is 2.50 bits per heavy atom. The molecule has 1 N–H and O–H groups in total. The minimum Gasteiger partial charge on any atom is -0.310 e. The molecule has 5 heteroatoms. The molecule has 0 unspecified atom stereocenters. The van der Waals surface area contributed by atoms with Crippen molar-refractivity contribution in [3.63, 3.8) is 0 Å². The van der Waals surface area contributed by atoms with Gasteiger partial charge in [-0.15, -0.1) is 5.10 Å². The summed E-state index contributed by atoms with van der Waals surface area (Å²) in [4.78, 5) is 0. The fourth-order valence-corrected chi connectivity index (χ4v) is 2.00. The van der Waals surface area contributed by atoms with Gasteiger partial charge in [-0.25, -0.2) is 4.68 Å². The highest BCUT2D eigenvalue weighted by atomic mass is 15.5. The van der Waals surface area contributed by atoms with Crippen LogP contribution >= 0.6 is 0 Å². The topological polar surface area (TPSA) is 55.6 Å². The van der Waals surface area contributed by atoms with Gasteiger partial charge in [-0.3, -0.25) is 0 Å². The van der Waals surface area contributed by atoms with Crippen LogP contribution in [-0.4, -0.2) is 26.8 Å². The first-order valence-electron chi connectivity index (χ1n) is 7.22. The molecule has 0 aliphatic heterocycles. The molecule has 2 aromatic rings. The van der Waals surface area contributed by atoms with Crippen molar-refractivity contribution in [2.45, 2.75) is 40.3 Å². The van der Waals surface area contributed by atoms with Crippen molar-refractivity contribution in [1.29, 1.82) is 0 Å². The number of nitrogens with zero attached hydrogens (tertiary/aromatic N) is 4. The van der Waals surface area contributed by atoms with E-state index in [0.717, 1.165) is 25.3 Å². The van der Waals surface area contributed by atoms with Gasteiger partial charge in [0.25, 0.3) is 0 Å². The van der Waals surface area contributed by atoms with E-state index in [9.17, 15) is 0 Å². The summed E-state index contributed by atoms with van der Waals surface area (Å²) in [6.07, 6.45) is 1.07. The Bertz CT molecular complexity index is 515. The van der Waals surface area contributed by atoms with Gasteiger partial charge in [0.2, 0.25) is 0 Å². The minimum absolute atomic E-state index is 0.626. The zero-order chi connectivity index (χ0) is 14.4. The highest BCUT2D eigenvalue weighted by Crippen LogP contribution is 2.07. The van der Waals surface area contributed by atoms with Gasteiger partial charge in [0, 0.05) is 0 Å². The van der Waals surface area contributed by atoms with Crippen molar-refractivity contribution in [3.8, 4) is 0 Å². The number of aromatic nitrogens is 4. The van der Waals surface area contributed by atoms with Crippen LogP contribution in [0.4, 0.5) is 0 Å². The van der Waals surface area contributed by atoms with Crippen LogP contribution in [0.2, 0.25) is 0 Å². The van der Waals surface area contributed by atoms with Gasteiger partial charge in [0.1, 0.15) is 0 Å². The Balaban J connectivity index is 1.96. The Labute approximate surface area is 120 Å². The van der Waals surface area contributed by atoms with Crippen LogP contribution in [-0.2, 0) is 19.5 Å². The Morgan fingerprint density at radius 2 is 1.85 bits per heavy atom. The Morgan fingerprint density at radius 1 is 1.15 bits per heavy atom. The molecular weight excluding hydrogens is 250 g/mol. The lowest BCUT2D eigenvalue weighted by Crippen LogP contribution is -2.22. The van der Waals surface area contributed by atoms with E-state index >= 15 is 0 Å². The van der Waals surface area contributed by atoms with Gasteiger partial charge in [-0.05, 0) is 40.4 Å². The summed E-state index contributed by atoms with van der Waals surface area (Å²) in [6.45, 7) is 8.93. The van der Waals surface area contributed by atoms with Gasteiger partial charge >= 0.3 is 0 Å². The molecule has 0 spiro atoms. The van der Waals surface area contributed by atoms with E-state index in [1.54, 1.807) is 0 Å². The SMILES string of the molecule is CCc1ccc(Cn2nnnc2CNCC(C)C)cc1. The third-order valence-corrected chi connectivity index (χ3v) is 3.21. The van der Waals surface area contributed by atoms with Crippen molar-refractivity contribution in [3.05, 3.63) is 41.2 Å². The van der Waals surface area contributed by atoms with E-state index in [0.29, 0.717) is 12.5 Å². The number of hydrogen-bond donors (Lipinski definition) is 1. The fraction of sp³-hybridized carbons (Fsp3) is 0.533. The molecule has 0 aliphatic rings. The quantitative estimate of drug-likeness (QED) is 0.838. The van der Waals surface area contributed by atoms with Gasteiger partial charge in [0.15, 0.2) is 5.82 Å². The maximum Gasteiger partial charge on any atom is 0.165 e. The first-order chi connectivity index (χ1) is 9.69. The first kappa shape index (κ1) is 14.7. The predicted molar refractivity (Wildman–Crippen MR) is 79.3 cm³/mol. The highest BCUT2D eigenvalue weighted by molar-refractivity contribution is 5.22. The summed E-state index contributed by atoms with van der Waals surface area (Å²) >= 11 is 0. The predicted octanol–water partition coefficient (Wildman–Crippen LogP) is 2.03. The molecule has 0 radical (unpaired) electrons. The molecule has 0 atom stereocenters. The second kappa shape index (κ2) is 7.14. The minimum atomic E-state index is 0.626. The molecule has 20 heavy (non-hydrogen) atoms. The van der Waals surface area contributed by atoms with E-state index in [2.05, 4.69) is 65.9 Å². The smallest absolute Gasteiger partial charge is 0.165 e. The van der Waals surface area contributed by atoms with E-state index in [-0.39, 0.29) is 0 Å². The van der Waals surface area contributed by atoms with E-state index < -0.39 is 0 Å². The molecule has 1 aromatic heterocycles. The second-order valence-electron chi connectivity index (χ2n) is 5.45. The lowest BCUT2D eigenvalue weighted by atomic mass is 10.1. The number of aryl methyl sites for hydroxylation is 1. The van der Waals surface area contributed by atoms with Crippen molar-refractivity contribution in [1.82, 2.24) is 25.5 Å². The summed E-state index contributed by atoms with van der Waals surface area (Å²) < 4.78 is 1.86. The molecule has 5 nitrogen and oxygen atoms in total. The largest absolute Gasteiger partial charge is 0.310 e. The van der Waals surface area contributed by atoms with Gasteiger partial charge in [0.05, 0.1) is 13.1 Å². The molecule has 0 saturated heterocycles. The molecule has 0 amide bonds. The molecular formula is C15H23N5. The van der Waals surface area contributed by atoms with Crippen LogP contribution in [0.5, 0.6) is 0 Å². The van der Waals surface area contributed by atoms with Crippen LogP contribution in [0, 0.1) is 5.92 Å². The first-order valence-corrected chi connectivity index (χ1v) is 7.22. The summed E-state index contributed by atoms with van der Waals surface area (Å²) in [5, 5.41) is 15.3. The molecule has 1 heterocycles. The number of tetrazole rings is 1. The summed E-state index contributed by atoms with van der Waals surface area (Å²) in [7, 11) is 0. The summed E-state index contributed by atoms with van der Waals surface area (Å²) in [5.41, 5.74) is 2.57. The van der Waals surface area contributed by atoms with Crippen LogP contribution in [0.15, 0.2) is 24.3 Å². The number of nitrogens with one attached hydrogen (secondary N) is 1. The zero-order valence-electron chi connectivity index (χ0n) is 12.5. The van der Waals surface area contributed by atoms with Crippen LogP contribution in [0.1, 0.15) is 37.7 Å². The number of benzene rings is 1. The Kier molecular flexibility index (Phi) is 5.24. The molecule has 0 bridgehead atoms. The lowest BCUT2D eigenvalue weighted by Gasteiger charge is -2.08. The Hall–Kier alpha value is -1.75. The normalized spacial score (nSPS) is 11.2. The third kappa shape index (κ3) is 4.13. The maximum atomic E-state index is 4.08. The van der Waals surface area contributed by atoms with Crippen molar-refractivity contribution < 1.29 is 0 Å². The lowest BCUT2D eigenvalue weighted by molar-refractivity contribution is 0.523. The van der Waals surface area contributed by atoms with Crippen molar-refractivity contribution >= 4 is 0 Å². The third-order valence-electron chi connectivity index (χ3n) is 3.21. The average molecular weight is 273 g/mol.